The Morgan fingerprint density at radius 2 is 1.72 bits per heavy atom. The zero-order valence-corrected chi connectivity index (χ0v) is 12.5. The Morgan fingerprint density at radius 3 is 2.28 bits per heavy atom. The predicted octanol–water partition coefficient (Wildman–Crippen LogP) is 1.03. The minimum absolute atomic E-state index is 0.382. The average Bonchev–Trinajstić information content (AvgIpc) is 2.43. The third kappa shape index (κ3) is 6.14. The predicted molar refractivity (Wildman–Crippen MR) is 77.1 cm³/mol. The van der Waals surface area contributed by atoms with E-state index in [1.807, 2.05) is 0 Å². The number of nitrogens with one attached hydrogen (secondary N) is 1. The highest BCUT2D eigenvalue weighted by Crippen LogP contribution is 2.02. The summed E-state index contributed by atoms with van der Waals surface area (Å²) in [6.45, 7) is 16.5. The van der Waals surface area contributed by atoms with Crippen LogP contribution in [0.25, 0.3) is 0 Å². The number of hydrogen-bond acceptors (Lipinski definition) is 4. The van der Waals surface area contributed by atoms with Crippen molar-refractivity contribution in [1.82, 2.24) is 15.1 Å². The molecule has 1 aliphatic rings. The molecule has 1 rings (SSSR count). The number of ether oxygens (including phenoxy) is 1. The van der Waals surface area contributed by atoms with Gasteiger partial charge in [-0.25, -0.2) is 0 Å². The van der Waals surface area contributed by atoms with Crippen molar-refractivity contribution in [3.63, 3.8) is 0 Å². The van der Waals surface area contributed by atoms with E-state index in [1.54, 1.807) is 0 Å². The van der Waals surface area contributed by atoms with Gasteiger partial charge in [-0.3, -0.25) is 0 Å². The van der Waals surface area contributed by atoms with Crippen molar-refractivity contribution in [3.8, 4) is 0 Å². The van der Waals surface area contributed by atoms with Crippen LogP contribution in [-0.2, 0) is 4.74 Å². The molecule has 4 heteroatoms. The SMILES string of the molecule is CCN(CC)CCCN(CC)CC1CNCCO1. The maximum Gasteiger partial charge on any atom is 0.0826 e. The second kappa shape index (κ2) is 9.73. The molecule has 108 valence electrons. The fourth-order valence-electron chi connectivity index (χ4n) is 2.46. The summed E-state index contributed by atoms with van der Waals surface area (Å²) in [7, 11) is 0. The maximum atomic E-state index is 5.77. The number of likely N-dealkylation sites (N-methyl/N-ethyl adjacent to an activating group) is 1. The van der Waals surface area contributed by atoms with E-state index in [9.17, 15) is 0 Å². The van der Waals surface area contributed by atoms with Crippen molar-refractivity contribution < 1.29 is 4.74 Å². The fourth-order valence-corrected chi connectivity index (χ4v) is 2.46. The van der Waals surface area contributed by atoms with Gasteiger partial charge in [-0.1, -0.05) is 20.8 Å². The standard InChI is InChI=1S/C14H31N3O/c1-4-16(5-2)9-7-10-17(6-3)13-14-12-15-8-11-18-14/h14-15H,4-13H2,1-3H3. The van der Waals surface area contributed by atoms with E-state index in [2.05, 4.69) is 35.9 Å². The molecule has 0 saturated carbocycles. The molecule has 1 unspecified atom stereocenters. The topological polar surface area (TPSA) is 27.7 Å². The normalized spacial score (nSPS) is 20.8. The zero-order valence-electron chi connectivity index (χ0n) is 12.5. The first kappa shape index (κ1) is 15.9. The van der Waals surface area contributed by atoms with Crippen molar-refractivity contribution in [2.24, 2.45) is 0 Å². The lowest BCUT2D eigenvalue weighted by Gasteiger charge is -2.30. The third-order valence-corrected chi connectivity index (χ3v) is 3.76. The minimum atomic E-state index is 0.382. The first-order chi connectivity index (χ1) is 8.80. The van der Waals surface area contributed by atoms with E-state index >= 15 is 0 Å². The highest BCUT2D eigenvalue weighted by atomic mass is 16.5. The molecule has 4 nitrogen and oxygen atoms in total. The van der Waals surface area contributed by atoms with E-state index in [0.29, 0.717) is 6.10 Å². The molecular weight excluding hydrogens is 226 g/mol. The van der Waals surface area contributed by atoms with Crippen molar-refractivity contribution in [2.75, 3.05) is 59.0 Å². The molecule has 1 heterocycles. The van der Waals surface area contributed by atoms with E-state index in [-0.39, 0.29) is 0 Å². The fraction of sp³-hybridized carbons (Fsp3) is 1.00. The summed E-state index contributed by atoms with van der Waals surface area (Å²) in [5.74, 6) is 0. The Kier molecular flexibility index (Phi) is 8.59. The number of morpholine rings is 1. The van der Waals surface area contributed by atoms with Crippen LogP contribution < -0.4 is 5.32 Å². The lowest BCUT2D eigenvalue weighted by atomic mass is 10.2. The quantitative estimate of drug-likeness (QED) is 0.668. The van der Waals surface area contributed by atoms with Gasteiger partial charge in [0.15, 0.2) is 0 Å². The Labute approximate surface area is 113 Å². The monoisotopic (exact) mass is 257 g/mol. The van der Waals surface area contributed by atoms with E-state index in [4.69, 9.17) is 4.74 Å². The van der Waals surface area contributed by atoms with Crippen LogP contribution >= 0.6 is 0 Å². The highest BCUT2D eigenvalue weighted by molar-refractivity contribution is 4.71. The maximum absolute atomic E-state index is 5.77. The second-order valence-corrected chi connectivity index (χ2v) is 4.97. The van der Waals surface area contributed by atoms with Crippen LogP contribution in [0.4, 0.5) is 0 Å². The van der Waals surface area contributed by atoms with Crippen molar-refractivity contribution in [2.45, 2.75) is 33.3 Å². The minimum Gasteiger partial charge on any atom is -0.374 e. The van der Waals surface area contributed by atoms with Crippen molar-refractivity contribution in [1.29, 1.82) is 0 Å². The third-order valence-electron chi connectivity index (χ3n) is 3.76. The van der Waals surface area contributed by atoms with Gasteiger partial charge in [-0.2, -0.15) is 0 Å². The Bertz CT molecular complexity index is 191. The molecular formula is C14H31N3O. The summed E-state index contributed by atoms with van der Waals surface area (Å²) in [5.41, 5.74) is 0. The molecule has 0 aliphatic carbocycles. The Hall–Kier alpha value is -0.160. The summed E-state index contributed by atoms with van der Waals surface area (Å²) in [6, 6.07) is 0. The van der Waals surface area contributed by atoms with Crippen LogP contribution in [-0.4, -0.2) is 74.9 Å². The summed E-state index contributed by atoms with van der Waals surface area (Å²) < 4.78 is 5.77. The molecule has 1 atom stereocenters. The summed E-state index contributed by atoms with van der Waals surface area (Å²) >= 11 is 0. The molecule has 1 saturated heterocycles. The van der Waals surface area contributed by atoms with Gasteiger partial charge in [0.1, 0.15) is 0 Å². The lowest BCUT2D eigenvalue weighted by Crippen LogP contribution is -2.45. The van der Waals surface area contributed by atoms with Gasteiger partial charge < -0.3 is 19.9 Å². The molecule has 0 radical (unpaired) electrons. The lowest BCUT2D eigenvalue weighted by molar-refractivity contribution is 0.00589. The van der Waals surface area contributed by atoms with Gasteiger partial charge >= 0.3 is 0 Å². The van der Waals surface area contributed by atoms with Crippen LogP contribution in [0.5, 0.6) is 0 Å². The van der Waals surface area contributed by atoms with Gasteiger partial charge in [0.05, 0.1) is 12.7 Å². The van der Waals surface area contributed by atoms with Crippen molar-refractivity contribution >= 4 is 0 Å². The van der Waals surface area contributed by atoms with Gasteiger partial charge in [0, 0.05) is 19.6 Å². The van der Waals surface area contributed by atoms with E-state index < -0.39 is 0 Å². The molecule has 0 spiro atoms. The number of rotatable bonds is 9. The first-order valence-corrected chi connectivity index (χ1v) is 7.57. The van der Waals surface area contributed by atoms with Crippen LogP contribution in [0.2, 0.25) is 0 Å². The molecule has 1 fully saturated rings. The van der Waals surface area contributed by atoms with Gasteiger partial charge in [0.25, 0.3) is 0 Å². The number of nitrogens with zero attached hydrogens (tertiary/aromatic N) is 2. The molecule has 0 aromatic rings. The molecule has 1 N–H and O–H groups in total. The Balaban J connectivity index is 2.16. The highest BCUT2D eigenvalue weighted by Gasteiger charge is 2.16. The second-order valence-electron chi connectivity index (χ2n) is 4.97. The average molecular weight is 257 g/mol. The summed E-state index contributed by atoms with van der Waals surface area (Å²) in [5, 5.41) is 3.40. The van der Waals surface area contributed by atoms with Crippen LogP contribution in [0.3, 0.4) is 0 Å². The van der Waals surface area contributed by atoms with Gasteiger partial charge in [0.2, 0.25) is 0 Å². The molecule has 1 aliphatic heterocycles. The first-order valence-electron chi connectivity index (χ1n) is 7.57. The molecule has 0 amide bonds. The molecule has 0 bridgehead atoms. The molecule has 0 aromatic carbocycles. The van der Waals surface area contributed by atoms with Gasteiger partial charge in [-0.15, -0.1) is 0 Å². The number of hydrogen-bond donors (Lipinski definition) is 1. The van der Waals surface area contributed by atoms with Crippen LogP contribution in [0, 0.1) is 0 Å². The summed E-state index contributed by atoms with van der Waals surface area (Å²) in [6.07, 6.45) is 1.64. The van der Waals surface area contributed by atoms with E-state index in [0.717, 1.165) is 45.9 Å². The summed E-state index contributed by atoms with van der Waals surface area (Å²) in [4.78, 5) is 5.01. The van der Waals surface area contributed by atoms with Crippen LogP contribution in [0.15, 0.2) is 0 Å². The zero-order chi connectivity index (χ0) is 13.2. The largest absolute Gasteiger partial charge is 0.374 e. The smallest absolute Gasteiger partial charge is 0.0826 e. The molecule has 18 heavy (non-hydrogen) atoms. The van der Waals surface area contributed by atoms with Gasteiger partial charge in [-0.05, 0) is 39.1 Å². The molecule has 0 aromatic heterocycles. The van der Waals surface area contributed by atoms with E-state index in [1.165, 1.54) is 19.5 Å². The Morgan fingerprint density at radius 1 is 1.06 bits per heavy atom. The van der Waals surface area contributed by atoms with Crippen LogP contribution in [0.1, 0.15) is 27.2 Å². The van der Waals surface area contributed by atoms with Crippen molar-refractivity contribution in [3.05, 3.63) is 0 Å².